The lowest BCUT2D eigenvalue weighted by Crippen LogP contribution is -2.51. The third-order valence-corrected chi connectivity index (χ3v) is 4.60. The zero-order valence-corrected chi connectivity index (χ0v) is 15.1. The fourth-order valence-electron chi connectivity index (χ4n) is 2.04. The molecule has 3 N–H and O–H groups in total. The van der Waals surface area contributed by atoms with E-state index < -0.39 is 23.2 Å². The number of hydrogen-bond acceptors (Lipinski definition) is 4. The standard InChI is InChI=1S/C16H29BClNO3/c1-6-10-19-12-16(18)9-7-8-13(11-16)17(21)22-15(4,5)14(2,3)20/h7-8,11,19-21H,6,9-10,12H2,1-5H3/t16-/m0/s1. The van der Waals surface area contributed by atoms with Crippen molar-refractivity contribution in [3.05, 3.63) is 23.7 Å². The number of nitrogens with one attached hydrogen (secondary N) is 1. The molecule has 1 atom stereocenters. The van der Waals surface area contributed by atoms with E-state index in [-0.39, 0.29) is 0 Å². The van der Waals surface area contributed by atoms with Crippen molar-refractivity contribution in [2.24, 2.45) is 0 Å². The second-order valence-electron chi connectivity index (χ2n) is 7.00. The number of halogens is 1. The molecule has 0 aromatic carbocycles. The van der Waals surface area contributed by atoms with Crippen LogP contribution in [0.2, 0.25) is 0 Å². The molecule has 22 heavy (non-hydrogen) atoms. The fourth-order valence-corrected chi connectivity index (χ4v) is 2.35. The molecule has 0 heterocycles. The van der Waals surface area contributed by atoms with E-state index in [1.807, 2.05) is 18.2 Å². The van der Waals surface area contributed by atoms with Gasteiger partial charge in [0.1, 0.15) is 0 Å². The Bertz CT molecular complexity index is 432. The quantitative estimate of drug-likeness (QED) is 0.364. The molecule has 1 rings (SSSR count). The topological polar surface area (TPSA) is 61.7 Å². The minimum atomic E-state index is -1.12. The lowest BCUT2D eigenvalue weighted by atomic mass is 9.72. The van der Waals surface area contributed by atoms with Gasteiger partial charge in [0.05, 0.1) is 16.1 Å². The van der Waals surface area contributed by atoms with Crippen LogP contribution in [0.15, 0.2) is 23.7 Å². The lowest BCUT2D eigenvalue weighted by Gasteiger charge is -2.39. The minimum Gasteiger partial charge on any atom is -0.423 e. The third kappa shape index (κ3) is 5.39. The zero-order valence-electron chi connectivity index (χ0n) is 14.3. The van der Waals surface area contributed by atoms with Gasteiger partial charge in [-0.3, -0.25) is 0 Å². The Morgan fingerprint density at radius 1 is 1.41 bits per heavy atom. The molecule has 0 bridgehead atoms. The van der Waals surface area contributed by atoms with Gasteiger partial charge >= 0.3 is 7.12 Å². The average Bonchev–Trinajstić information content (AvgIpc) is 2.37. The van der Waals surface area contributed by atoms with Crippen LogP contribution in [0.3, 0.4) is 0 Å². The van der Waals surface area contributed by atoms with Gasteiger partial charge in [-0.1, -0.05) is 25.2 Å². The van der Waals surface area contributed by atoms with Crippen LogP contribution in [0.1, 0.15) is 47.5 Å². The van der Waals surface area contributed by atoms with E-state index in [4.69, 9.17) is 16.3 Å². The minimum absolute atomic E-state index is 0.553. The van der Waals surface area contributed by atoms with Crippen molar-refractivity contribution in [3.63, 3.8) is 0 Å². The summed E-state index contributed by atoms with van der Waals surface area (Å²) in [5.74, 6) is 0. The van der Waals surface area contributed by atoms with Crippen molar-refractivity contribution in [2.45, 2.75) is 63.5 Å². The molecule has 1 aliphatic rings. The van der Waals surface area contributed by atoms with Crippen LogP contribution in [0, 0.1) is 0 Å². The van der Waals surface area contributed by atoms with Crippen molar-refractivity contribution >= 4 is 18.7 Å². The SMILES string of the molecule is CCCNC[C@@]1(Cl)C=C(B(O)OC(C)(C)C(C)(C)O)C=CC1. The van der Waals surface area contributed by atoms with E-state index in [0.717, 1.165) is 13.0 Å². The van der Waals surface area contributed by atoms with Crippen molar-refractivity contribution < 1.29 is 14.8 Å². The molecule has 0 spiro atoms. The lowest BCUT2D eigenvalue weighted by molar-refractivity contribution is -0.0987. The van der Waals surface area contributed by atoms with Crippen LogP contribution in [0.25, 0.3) is 0 Å². The van der Waals surface area contributed by atoms with E-state index in [1.54, 1.807) is 27.7 Å². The van der Waals surface area contributed by atoms with Crippen molar-refractivity contribution in [3.8, 4) is 0 Å². The average molecular weight is 330 g/mol. The number of rotatable bonds is 8. The number of allylic oxidation sites excluding steroid dienone is 3. The van der Waals surface area contributed by atoms with Crippen LogP contribution in [0.5, 0.6) is 0 Å². The Hall–Kier alpha value is -0.325. The van der Waals surface area contributed by atoms with E-state index in [1.165, 1.54) is 0 Å². The van der Waals surface area contributed by atoms with Crippen LogP contribution >= 0.6 is 11.6 Å². The molecule has 0 aromatic rings. The Kier molecular flexibility index (Phi) is 6.72. The predicted molar refractivity (Wildman–Crippen MR) is 93.0 cm³/mol. The molecule has 0 saturated carbocycles. The van der Waals surface area contributed by atoms with Gasteiger partial charge in [0.2, 0.25) is 0 Å². The van der Waals surface area contributed by atoms with Crippen LogP contribution in [-0.2, 0) is 4.65 Å². The molecule has 0 amide bonds. The maximum absolute atomic E-state index is 10.3. The van der Waals surface area contributed by atoms with Gasteiger partial charge in [0.15, 0.2) is 0 Å². The Morgan fingerprint density at radius 3 is 2.59 bits per heavy atom. The first kappa shape index (κ1) is 19.7. The summed E-state index contributed by atoms with van der Waals surface area (Å²) in [6.45, 7) is 10.5. The summed E-state index contributed by atoms with van der Waals surface area (Å²) < 4.78 is 5.67. The molecule has 0 radical (unpaired) electrons. The van der Waals surface area contributed by atoms with Crippen LogP contribution in [0.4, 0.5) is 0 Å². The summed E-state index contributed by atoms with van der Waals surface area (Å²) >= 11 is 6.60. The largest absolute Gasteiger partial charge is 0.491 e. The van der Waals surface area contributed by atoms with Gasteiger partial charge < -0.3 is 20.1 Å². The highest BCUT2D eigenvalue weighted by atomic mass is 35.5. The smallest absolute Gasteiger partial charge is 0.423 e. The molecule has 4 nitrogen and oxygen atoms in total. The summed E-state index contributed by atoms with van der Waals surface area (Å²) in [7, 11) is -1.12. The summed E-state index contributed by atoms with van der Waals surface area (Å²) in [6.07, 6.45) is 7.37. The van der Waals surface area contributed by atoms with Crippen molar-refractivity contribution in [1.82, 2.24) is 5.32 Å². The van der Waals surface area contributed by atoms with Gasteiger partial charge in [0, 0.05) is 6.54 Å². The molecule has 0 aliphatic heterocycles. The van der Waals surface area contributed by atoms with Crippen molar-refractivity contribution in [1.29, 1.82) is 0 Å². The summed E-state index contributed by atoms with van der Waals surface area (Å²) in [5.41, 5.74) is -1.35. The van der Waals surface area contributed by atoms with Gasteiger partial charge in [-0.05, 0) is 52.6 Å². The first-order valence-electron chi connectivity index (χ1n) is 7.88. The summed E-state index contributed by atoms with van der Waals surface area (Å²) in [5, 5.41) is 23.8. The molecule has 0 saturated heterocycles. The molecule has 0 unspecified atom stereocenters. The van der Waals surface area contributed by atoms with Gasteiger partial charge in [-0.25, -0.2) is 0 Å². The van der Waals surface area contributed by atoms with Gasteiger partial charge in [-0.2, -0.15) is 0 Å². The van der Waals surface area contributed by atoms with E-state index in [2.05, 4.69) is 12.2 Å². The van der Waals surface area contributed by atoms with Gasteiger partial charge in [-0.15, -0.1) is 11.6 Å². The second-order valence-corrected chi connectivity index (χ2v) is 7.75. The molecular formula is C16H29BClNO3. The third-order valence-electron chi connectivity index (χ3n) is 4.20. The maximum atomic E-state index is 10.3. The number of aliphatic hydroxyl groups is 1. The molecule has 0 aromatic heterocycles. The van der Waals surface area contributed by atoms with E-state index in [0.29, 0.717) is 18.4 Å². The zero-order chi connectivity index (χ0) is 17.0. The highest BCUT2D eigenvalue weighted by molar-refractivity contribution is 6.53. The molecular weight excluding hydrogens is 300 g/mol. The van der Waals surface area contributed by atoms with Crippen LogP contribution in [-0.4, -0.2) is 46.4 Å². The summed E-state index contributed by atoms with van der Waals surface area (Å²) in [6, 6.07) is 0. The first-order valence-corrected chi connectivity index (χ1v) is 8.26. The molecule has 1 aliphatic carbocycles. The second kappa shape index (κ2) is 7.50. The Labute approximate surface area is 139 Å². The molecule has 126 valence electrons. The molecule has 6 heteroatoms. The van der Waals surface area contributed by atoms with Crippen LogP contribution < -0.4 is 5.32 Å². The monoisotopic (exact) mass is 329 g/mol. The summed E-state index contributed by atoms with van der Waals surface area (Å²) in [4.78, 5) is -0.553. The van der Waals surface area contributed by atoms with Gasteiger partial charge in [0.25, 0.3) is 0 Å². The first-order chi connectivity index (χ1) is 10.0. The molecule has 0 fully saturated rings. The number of hydrogen-bond donors (Lipinski definition) is 3. The van der Waals surface area contributed by atoms with Crippen molar-refractivity contribution in [2.75, 3.05) is 13.1 Å². The van der Waals surface area contributed by atoms with E-state index >= 15 is 0 Å². The normalized spacial score (nSPS) is 22.6. The Balaban J connectivity index is 2.77. The number of alkyl halides is 1. The maximum Gasteiger partial charge on any atom is 0.491 e. The highest BCUT2D eigenvalue weighted by Crippen LogP contribution is 2.31. The highest BCUT2D eigenvalue weighted by Gasteiger charge is 2.40. The van der Waals surface area contributed by atoms with E-state index in [9.17, 15) is 10.1 Å². The predicted octanol–water partition coefficient (Wildman–Crippen LogP) is 2.44. The fraction of sp³-hybridized carbons (Fsp3) is 0.750. The Morgan fingerprint density at radius 2 is 2.05 bits per heavy atom.